The topological polar surface area (TPSA) is 97.2 Å². The molecule has 1 aliphatic heterocycles. The van der Waals surface area contributed by atoms with E-state index in [1.54, 1.807) is 17.0 Å². The molecule has 192 valence electrons. The largest absolute Gasteiger partial charge is 0.369 e. The Balaban J connectivity index is 1.50. The highest BCUT2D eigenvalue weighted by molar-refractivity contribution is 5.77. The van der Waals surface area contributed by atoms with Gasteiger partial charge in [-0.3, -0.25) is 4.79 Å². The Morgan fingerprint density at radius 1 is 1.08 bits per heavy atom. The van der Waals surface area contributed by atoms with E-state index in [4.69, 9.17) is 10.7 Å². The molecule has 0 bridgehead atoms. The summed E-state index contributed by atoms with van der Waals surface area (Å²) in [5, 5.41) is 3.73. The summed E-state index contributed by atoms with van der Waals surface area (Å²) in [6, 6.07) is 16.2. The highest BCUT2D eigenvalue weighted by Crippen LogP contribution is 2.24. The number of nitrogens with two attached hydrogens (primary N) is 1. The molecule has 0 amide bonds. The summed E-state index contributed by atoms with van der Waals surface area (Å²) in [4.78, 5) is 27.2. The molecule has 0 aliphatic carbocycles. The molecular weight excluding hydrogens is 464 g/mol. The second-order valence-corrected chi connectivity index (χ2v) is 10.2. The number of nitrogens with zero attached hydrogens (tertiary/aromatic N) is 6. The third-order valence-corrected chi connectivity index (χ3v) is 6.80. The second kappa shape index (κ2) is 9.84. The molecule has 0 spiro atoms. The van der Waals surface area contributed by atoms with Gasteiger partial charge in [-0.05, 0) is 62.9 Å². The van der Waals surface area contributed by atoms with Crippen molar-refractivity contribution in [3.63, 3.8) is 0 Å². The number of fused-ring (bicyclic) bond motifs is 1. The summed E-state index contributed by atoms with van der Waals surface area (Å²) in [6.45, 7) is 12.2. The van der Waals surface area contributed by atoms with E-state index in [1.165, 1.54) is 5.69 Å². The van der Waals surface area contributed by atoms with Crippen LogP contribution in [0.3, 0.4) is 0 Å². The maximum atomic E-state index is 13.2. The first-order valence-corrected chi connectivity index (χ1v) is 12.5. The van der Waals surface area contributed by atoms with Crippen molar-refractivity contribution in [1.29, 1.82) is 0 Å². The lowest BCUT2D eigenvalue weighted by Gasteiger charge is -2.34. The fourth-order valence-corrected chi connectivity index (χ4v) is 4.63. The normalized spacial score (nSPS) is 14.8. The molecule has 5 rings (SSSR count). The maximum absolute atomic E-state index is 13.2. The van der Waals surface area contributed by atoms with Crippen molar-refractivity contribution in [1.82, 2.24) is 24.2 Å². The molecule has 0 radical (unpaired) electrons. The number of rotatable bonds is 7. The van der Waals surface area contributed by atoms with Crippen LogP contribution < -0.4 is 21.5 Å². The smallest absolute Gasteiger partial charge is 0.278 e. The van der Waals surface area contributed by atoms with Crippen LogP contribution in [0.2, 0.25) is 0 Å². The summed E-state index contributed by atoms with van der Waals surface area (Å²) in [5.41, 5.74) is 10.0. The summed E-state index contributed by atoms with van der Waals surface area (Å²) in [5.74, 6) is 0.416. The van der Waals surface area contributed by atoms with Gasteiger partial charge in [-0.25, -0.2) is 14.3 Å². The third-order valence-electron chi connectivity index (χ3n) is 6.80. The summed E-state index contributed by atoms with van der Waals surface area (Å²) >= 11 is 0. The van der Waals surface area contributed by atoms with Crippen molar-refractivity contribution in [2.24, 2.45) is 5.73 Å². The van der Waals surface area contributed by atoms with Crippen LogP contribution in [0, 0.1) is 0 Å². The lowest BCUT2D eigenvalue weighted by molar-refractivity contribution is 0.313. The van der Waals surface area contributed by atoms with Crippen molar-refractivity contribution in [2.75, 3.05) is 43.4 Å². The maximum Gasteiger partial charge on any atom is 0.278 e. The van der Waals surface area contributed by atoms with Gasteiger partial charge >= 0.3 is 0 Å². The van der Waals surface area contributed by atoms with Crippen molar-refractivity contribution in [3.8, 4) is 5.69 Å². The predicted molar refractivity (Wildman–Crippen MR) is 150 cm³/mol. The molecule has 0 unspecified atom stereocenters. The van der Waals surface area contributed by atoms with Gasteiger partial charge in [0.2, 0.25) is 5.95 Å². The van der Waals surface area contributed by atoms with Crippen LogP contribution in [0.4, 0.5) is 17.3 Å². The Bertz CT molecular complexity index is 1470. The fraction of sp³-hybridized carbons (Fsp3) is 0.321. The van der Waals surface area contributed by atoms with Crippen LogP contribution in [0.25, 0.3) is 16.7 Å². The first-order valence-electron chi connectivity index (χ1n) is 12.5. The Labute approximate surface area is 216 Å². The lowest BCUT2D eigenvalue weighted by atomic mass is 9.95. The Morgan fingerprint density at radius 3 is 2.49 bits per heavy atom. The molecule has 9 nitrogen and oxygen atoms in total. The average molecular weight is 499 g/mol. The molecule has 1 aliphatic rings. The molecule has 37 heavy (non-hydrogen) atoms. The van der Waals surface area contributed by atoms with Gasteiger partial charge < -0.3 is 20.9 Å². The van der Waals surface area contributed by atoms with Crippen molar-refractivity contribution in [3.05, 3.63) is 83.3 Å². The van der Waals surface area contributed by atoms with Crippen LogP contribution in [-0.2, 0) is 12.1 Å². The standard InChI is InChI=1S/C28H34N8O/c1-5-13-35-26(37)24-19-30-27(31-21-9-11-22(12-10-21)34-16-14-33(4)15-17-34)32-25(24)36(35)23-8-6-7-20(18-23)28(2,3)29/h5-12,18-19H,1,13-17,29H2,2-4H3,(H,30,31,32). The lowest BCUT2D eigenvalue weighted by Crippen LogP contribution is -2.44. The van der Waals surface area contributed by atoms with E-state index in [0.717, 1.165) is 43.1 Å². The minimum Gasteiger partial charge on any atom is -0.369 e. The van der Waals surface area contributed by atoms with Crippen LogP contribution in [0.1, 0.15) is 19.4 Å². The molecule has 9 heteroatoms. The van der Waals surface area contributed by atoms with E-state index in [0.29, 0.717) is 23.5 Å². The molecule has 1 fully saturated rings. The molecule has 0 saturated carbocycles. The van der Waals surface area contributed by atoms with E-state index >= 15 is 0 Å². The van der Waals surface area contributed by atoms with Crippen LogP contribution in [0.15, 0.2) is 72.2 Å². The fourth-order valence-electron chi connectivity index (χ4n) is 4.63. The number of likely N-dealkylation sites (N-methyl/N-ethyl adjacent to an activating group) is 1. The number of allylic oxidation sites excluding steroid dienone is 1. The second-order valence-electron chi connectivity index (χ2n) is 10.2. The SMILES string of the molecule is C=CCn1c(=O)c2cnc(Nc3ccc(N4CCN(C)CC4)cc3)nc2n1-c1cccc(C(C)(C)N)c1. The number of hydrogen-bond donors (Lipinski definition) is 2. The van der Waals surface area contributed by atoms with E-state index in [-0.39, 0.29) is 5.56 Å². The Kier molecular flexibility index (Phi) is 6.57. The molecule has 4 aromatic rings. The van der Waals surface area contributed by atoms with Gasteiger partial charge in [0.05, 0.1) is 12.2 Å². The Hall–Kier alpha value is -3.95. The zero-order valence-corrected chi connectivity index (χ0v) is 21.7. The molecule has 0 atom stereocenters. The van der Waals surface area contributed by atoms with E-state index in [9.17, 15) is 4.79 Å². The molecule has 3 heterocycles. The summed E-state index contributed by atoms with van der Waals surface area (Å²) < 4.78 is 3.43. The quantitative estimate of drug-likeness (QED) is 0.377. The predicted octanol–water partition coefficient (Wildman–Crippen LogP) is 3.46. The van der Waals surface area contributed by atoms with Crippen LogP contribution in [0.5, 0.6) is 0 Å². The molecular formula is C28H34N8O. The minimum absolute atomic E-state index is 0.171. The highest BCUT2D eigenvalue weighted by atomic mass is 16.1. The average Bonchev–Trinajstić information content (AvgIpc) is 3.15. The Morgan fingerprint density at radius 2 is 1.81 bits per heavy atom. The van der Waals surface area contributed by atoms with E-state index in [2.05, 4.69) is 45.9 Å². The zero-order chi connectivity index (χ0) is 26.2. The molecule has 2 aromatic heterocycles. The van der Waals surface area contributed by atoms with Gasteiger partial charge in [-0.15, -0.1) is 6.58 Å². The number of aromatic nitrogens is 4. The monoisotopic (exact) mass is 498 g/mol. The highest BCUT2D eigenvalue weighted by Gasteiger charge is 2.20. The third kappa shape index (κ3) is 5.00. The van der Waals surface area contributed by atoms with Gasteiger partial charge in [0, 0.05) is 49.3 Å². The van der Waals surface area contributed by atoms with Crippen molar-refractivity contribution in [2.45, 2.75) is 25.9 Å². The van der Waals surface area contributed by atoms with Crippen molar-refractivity contribution >= 4 is 28.4 Å². The van der Waals surface area contributed by atoms with E-state index < -0.39 is 5.54 Å². The van der Waals surface area contributed by atoms with Gasteiger partial charge in [0.15, 0.2) is 5.65 Å². The summed E-state index contributed by atoms with van der Waals surface area (Å²) in [7, 11) is 2.15. The number of nitrogens with one attached hydrogen (secondary N) is 1. The first-order chi connectivity index (χ1) is 17.7. The van der Waals surface area contributed by atoms with Gasteiger partial charge in [-0.1, -0.05) is 18.2 Å². The zero-order valence-electron chi connectivity index (χ0n) is 21.7. The molecule has 2 aromatic carbocycles. The van der Waals surface area contributed by atoms with E-state index in [1.807, 2.05) is 54.9 Å². The van der Waals surface area contributed by atoms with Gasteiger partial charge in [0.1, 0.15) is 5.39 Å². The number of benzene rings is 2. The first kappa shape index (κ1) is 24.7. The van der Waals surface area contributed by atoms with Crippen molar-refractivity contribution < 1.29 is 0 Å². The molecule has 3 N–H and O–H groups in total. The van der Waals surface area contributed by atoms with Gasteiger partial charge in [-0.2, -0.15) is 4.98 Å². The number of hydrogen-bond acceptors (Lipinski definition) is 7. The number of anilines is 3. The molecule has 1 saturated heterocycles. The summed E-state index contributed by atoms with van der Waals surface area (Å²) in [6.07, 6.45) is 3.28. The van der Waals surface area contributed by atoms with Crippen LogP contribution >= 0.6 is 0 Å². The minimum atomic E-state index is -0.527. The number of piperazine rings is 1. The van der Waals surface area contributed by atoms with Crippen LogP contribution in [-0.4, -0.2) is 57.5 Å². The van der Waals surface area contributed by atoms with Gasteiger partial charge in [0.25, 0.3) is 5.56 Å².